The van der Waals surface area contributed by atoms with Crippen LogP contribution in [0.4, 0.5) is 5.69 Å². The van der Waals surface area contributed by atoms with Gasteiger partial charge in [-0.1, -0.05) is 17.7 Å². The minimum atomic E-state index is 0.154. The van der Waals surface area contributed by atoms with E-state index in [1.165, 1.54) is 0 Å². The zero-order valence-corrected chi connectivity index (χ0v) is 12.0. The van der Waals surface area contributed by atoms with Gasteiger partial charge in [-0.25, -0.2) is 5.43 Å². The SMILES string of the molecule is Cc1ccc(NC(=S)NC2CC(C)NN2)cc1Cl. The predicted molar refractivity (Wildman–Crippen MR) is 79.7 cm³/mol. The normalized spacial score (nSPS) is 22.8. The number of benzene rings is 1. The highest BCUT2D eigenvalue weighted by Crippen LogP contribution is 2.19. The molecule has 1 aromatic carbocycles. The number of halogens is 1. The Labute approximate surface area is 117 Å². The molecule has 18 heavy (non-hydrogen) atoms. The van der Waals surface area contributed by atoms with Crippen LogP contribution in [0.2, 0.25) is 5.02 Å². The number of hydrazine groups is 1. The summed E-state index contributed by atoms with van der Waals surface area (Å²) in [5.41, 5.74) is 8.21. The Hall–Kier alpha value is -0.880. The second kappa shape index (κ2) is 5.84. The molecule has 0 aromatic heterocycles. The number of hydrogen-bond acceptors (Lipinski definition) is 3. The smallest absolute Gasteiger partial charge is 0.172 e. The Bertz CT molecular complexity index is 452. The van der Waals surface area contributed by atoms with E-state index >= 15 is 0 Å². The topological polar surface area (TPSA) is 48.1 Å². The lowest BCUT2D eigenvalue weighted by Gasteiger charge is -2.16. The molecule has 1 saturated heterocycles. The molecule has 2 rings (SSSR count). The van der Waals surface area contributed by atoms with Crippen molar-refractivity contribution in [2.75, 3.05) is 5.32 Å². The Balaban J connectivity index is 1.89. The van der Waals surface area contributed by atoms with Crippen LogP contribution in [0.1, 0.15) is 18.9 Å². The summed E-state index contributed by atoms with van der Waals surface area (Å²) in [5, 5.41) is 7.64. The Morgan fingerprint density at radius 2 is 2.22 bits per heavy atom. The quantitative estimate of drug-likeness (QED) is 0.627. The molecule has 4 N–H and O–H groups in total. The monoisotopic (exact) mass is 284 g/mol. The summed E-state index contributed by atoms with van der Waals surface area (Å²) in [7, 11) is 0. The molecule has 1 aromatic rings. The maximum absolute atomic E-state index is 6.06. The van der Waals surface area contributed by atoms with Crippen LogP contribution in [0, 0.1) is 6.92 Å². The highest BCUT2D eigenvalue weighted by molar-refractivity contribution is 7.80. The van der Waals surface area contributed by atoms with E-state index in [0.717, 1.165) is 22.7 Å². The molecule has 98 valence electrons. The van der Waals surface area contributed by atoms with E-state index < -0.39 is 0 Å². The molecule has 0 aliphatic carbocycles. The van der Waals surface area contributed by atoms with E-state index in [2.05, 4.69) is 28.4 Å². The van der Waals surface area contributed by atoms with Crippen molar-refractivity contribution in [3.8, 4) is 0 Å². The molecule has 0 radical (unpaired) electrons. The lowest BCUT2D eigenvalue weighted by atomic mass is 10.2. The van der Waals surface area contributed by atoms with Crippen LogP contribution in [-0.2, 0) is 0 Å². The number of anilines is 1. The summed E-state index contributed by atoms with van der Waals surface area (Å²) < 4.78 is 0. The van der Waals surface area contributed by atoms with E-state index in [-0.39, 0.29) is 6.17 Å². The molecule has 1 heterocycles. The van der Waals surface area contributed by atoms with Crippen LogP contribution in [0.3, 0.4) is 0 Å². The zero-order valence-electron chi connectivity index (χ0n) is 10.4. The third-order valence-corrected chi connectivity index (χ3v) is 3.46. The summed E-state index contributed by atoms with van der Waals surface area (Å²) in [6.07, 6.45) is 1.14. The van der Waals surface area contributed by atoms with Crippen molar-refractivity contribution in [1.29, 1.82) is 0 Å². The summed E-state index contributed by atoms with van der Waals surface area (Å²) in [6, 6.07) is 6.23. The van der Waals surface area contributed by atoms with Gasteiger partial charge in [-0.15, -0.1) is 0 Å². The lowest BCUT2D eigenvalue weighted by Crippen LogP contribution is -2.45. The van der Waals surface area contributed by atoms with Gasteiger partial charge in [0, 0.05) is 16.8 Å². The first kappa shape index (κ1) is 13.5. The molecule has 1 fully saturated rings. The van der Waals surface area contributed by atoms with Gasteiger partial charge in [0.2, 0.25) is 0 Å². The third-order valence-electron chi connectivity index (χ3n) is 2.83. The van der Waals surface area contributed by atoms with Crippen molar-refractivity contribution < 1.29 is 0 Å². The molecule has 1 aliphatic rings. The van der Waals surface area contributed by atoms with Crippen molar-refractivity contribution in [2.24, 2.45) is 0 Å². The van der Waals surface area contributed by atoms with Gasteiger partial charge in [0.25, 0.3) is 0 Å². The summed E-state index contributed by atoms with van der Waals surface area (Å²) in [5.74, 6) is 0. The van der Waals surface area contributed by atoms with E-state index in [0.29, 0.717) is 11.2 Å². The Morgan fingerprint density at radius 3 is 2.83 bits per heavy atom. The van der Waals surface area contributed by atoms with Crippen LogP contribution in [-0.4, -0.2) is 17.3 Å². The summed E-state index contributed by atoms with van der Waals surface area (Å²) >= 11 is 11.3. The summed E-state index contributed by atoms with van der Waals surface area (Å²) in [6.45, 7) is 4.09. The molecule has 0 spiro atoms. The van der Waals surface area contributed by atoms with Crippen molar-refractivity contribution in [3.63, 3.8) is 0 Å². The van der Waals surface area contributed by atoms with Crippen molar-refractivity contribution >= 4 is 34.6 Å². The van der Waals surface area contributed by atoms with Gasteiger partial charge in [0.05, 0.1) is 6.17 Å². The van der Waals surface area contributed by atoms with E-state index in [1.54, 1.807) is 0 Å². The molecule has 0 saturated carbocycles. The van der Waals surface area contributed by atoms with E-state index in [9.17, 15) is 0 Å². The number of rotatable bonds is 2. The molecule has 1 aliphatic heterocycles. The first-order valence-corrected chi connectivity index (χ1v) is 6.68. The van der Waals surface area contributed by atoms with Crippen LogP contribution in [0.25, 0.3) is 0 Å². The van der Waals surface area contributed by atoms with Crippen LogP contribution in [0.15, 0.2) is 18.2 Å². The van der Waals surface area contributed by atoms with Crippen molar-refractivity contribution in [3.05, 3.63) is 28.8 Å². The fourth-order valence-corrected chi connectivity index (χ4v) is 2.25. The standard InChI is InChI=1S/C12H17ClN4S/c1-7-3-4-9(6-10(7)13)14-12(18)15-11-5-8(2)16-17-11/h3-4,6,8,11,16-17H,5H2,1-2H3,(H2,14,15,18). The van der Waals surface area contributed by atoms with Gasteiger partial charge in [0.1, 0.15) is 0 Å². The maximum atomic E-state index is 6.06. The van der Waals surface area contributed by atoms with E-state index in [1.807, 2.05) is 25.1 Å². The van der Waals surface area contributed by atoms with Gasteiger partial charge in [-0.2, -0.15) is 0 Å². The number of hydrogen-bond donors (Lipinski definition) is 4. The lowest BCUT2D eigenvalue weighted by molar-refractivity contribution is 0.525. The average Bonchev–Trinajstić information content (AvgIpc) is 2.69. The van der Waals surface area contributed by atoms with Gasteiger partial charge < -0.3 is 10.6 Å². The van der Waals surface area contributed by atoms with Crippen LogP contribution < -0.4 is 21.5 Å². The molecule has 4 nitrogen and oxygen atoms in total. The van der Waals surface area contributed by atoms with Gasteiger partial charge in [-0.3, -0.25) is 5.43 Å². The van der Waals surface area contributed by atoms with Crippen LogP contribution >= 0.6 is 23.8 Å². The predicted octanol–water partition coefficient (Wildman–Crippen LogP) is 2.15. The summed E-state index contributed by atoms with van der Waals surface area (Å²) in [4.78, 5) is 0. The molecular formula is C12H17ClN4S. The molecular weight excluding hydrogens is 268 g/mol. The minimum absolute atomic E-state index is 0.154. The zero-order chi connectivity index (χ0) is 13.1. The van der Waals surface area contributed by atoms with Crippen molar-refractivity contribution in [2.45, 2.75) is 32.5 Å². The highest BCUT2D eigenvalue weighted by Gasteiger charge is 2.20. The first-order valence-electron chi connectivity index (χ1n) is 5.89. The molecule has 0 amide bonds. The van der Waals surface area contributed by atoms with Crippen LogP contribution in [0.5, 0.6) is 0 Å². The Kier molecular flexibility index (Phi) is 4.40. The number of thiocarbonyl (C=S) groups is 1. The number of nitrogens with one attached hydrogen (secondary N) is 4. The molecule has 2 atom stereocenters. The fourth-order valence-electron chi connectivity index (χ4n) is 1.81. The second-order valence-corrected chi connectivity index (χ2v) is 5.36. The molecule has 6 heteroatoms. The van der Waals surface area contributed by atoms with Gasteiger partial charge in [0.15, 0.2) is 5.11 Å². The maximum Gasteiger partial charge on any atom is 0.172 e. The fraction of sp³-hybridized carbons (Fsp3) is 0.417. The molecule has 0 bridgehead atoms. The minimum Gasteiger partial charge on any atom is -0.346 e. The third kappa shape index (κ3) is 3.55. The van der Waals surface area contributed by atoms with E-state index in [4.69, 9.17) is 23.8 Å². The van der Waals surface area contributed by atoms with Gasteiger partial charge in [-0.05, 0) is 50.2 Å². The second-order valence-electron chi connectivity index (χ2n) is 4.54. The number of aryl methyl sites for hydroxylation is 1. The molecule has 2 unspecified atom stereocenters. The van der Waals surface area contributed by atoms with Gasteiger partial charge >= 0.3 is 0 Å². The Morgan fingerprint density at radius 1 is 1.44 bits per heavy atom. The van der Waals surface area contributed by atoms with Crippen molar-refractivity contribution in [1.82, 2.24) is 16.2 Å². The average molecular weight is 285 g/mol. The first-order chi connectivity index (χ1) is 8.54. The highest BCUT2D eigenvalue weighted by atomic mass is 35.5. The largest absolute Gasteiger partial charge is 0.346 e.